The van der Waals surface area contributed by atoms with E-state index in [-0.39, 0.29) is 12.1 Å². The second-order valence-corrected chi connectivity index (χ2v) is 8.79. The smallest absolute Gasteiger partial charge is 0.256 e. The fourth-order valence-corrected chi connectivity index (χ4v) is 5.96. The van der Waals surface area contributed by atoms with Crippen molar-refractivity contribution in [3.8, 4) is 0 Å². The van der Waals surface area contributed by atoms with Crippen LogP contribution in [0.5, 0.6) is 0 Å². The molecule has 0 spiro atoms. The maximum Gasteiger partial charge on any atom is 0.256 e. The standard InChI is InChI=1S/C21H23N3OS/c1-11-8-9-14-16(10-11)26-21-18(14)20(25)22-19(23-21)17-12(2)24(3)15-7-5-4-6-13(15)17/h4-7,11,19,23H,8-10H2,1-3H3,(H,22,25). The van der Waals surface area contributed by atoms with Crippen LogP contribution in [0.3, 0.4) is 0 Å². The SMILES string of the molecule is Cc1c(C2NC(=O)c3c(sc4c3CCC(C)C4)N2)c2ccccc2n1C. The molecule has 2 unspecified atom stereocenters. The van der Waals surface area contributed by atoms with Crippen LogP contribution in [0.15, 0.2) is 24.3 Å². The Morgan fingerprint density at radius 1 is 1.23 bits per heavy atom. The number of rotatable bonds is 1. The van der Waals surface area contributed by atoms with E-state index in [2.05, 4.69) is 60.4 Å². The molecule has 0 fully saturated rings. The zero-order valence-corrected chi connectivity index (χ0v) is 16.2. The number of nitrogens with zero attached hydrogens (tertiary/aromatic N) is 1. The number of para-hydroxylation sites is 1. The van der Waals surface area contributed by atoms with Gasteiger partial charge in [-0.2, -0.15) is 0 Å². The van der Waals surface area contributed by atoms with Gasteiger partial charge in [0, 0.05) is 34.1 Å². The number of amides is 1. The van der Waals surface area contributed by atoms with Gasteiger partial charge in [-0.3, -0.25) is 4.79 Å². The predicted molar refractivity (Wildman–Crippen MR) is 107 cm³/mol. The predicted octanol–water partition coefficient (Wildman–Crippen LogP) is 4.53. The summed E-state index contributed by atoms with van der Waals surface area (Å²) in [6.07, 6.45) is 3.11. The lowest BCUT2D eigenvalue weighted by molar-refractivity contribution is 0.0935. The third-order valence-electron chi connectivity index (χ3n) is 6.03. The molecule has 1 aromatic carbocycles. The summed E-state index contributed by atoms with van der Waals surface area (Å²) in [5.41, 5.74) is 5.72. The topological polar surface area (TPSA) is 46.1 Å². The van der Waals surface area contributed by atoms with Crippen LogP contribution in [-0.4, -0.2) is 10.5 Å². The van der Waals surface area contributed by atoms with E-state index in [0.717, 1.165) is 23.4 Å². The van der Waals surface area contributed by atoms with Gasteiger partial charge in [0.25, 0.3) is 5.91 Å². The zero-order valence-electron chi connectivity index (χ0n) is 15.3. The molecule has 3 aromatic rings. The number of anilines is 1. The molecule has 134 valence electrons. The number of aryl methyl sites for hydroxylation is 1. The molecule has 0 bridgehead atoms. The molecule has 5 heteroatoms. The summed E-state index contributed by atoms with van der Waals surface area (Å²) in [5, 5.41) is 9.11. The molecule has 1 aliphatic heterocycles. The summed E-state index contributed by atoms with van der Waals surface area (Å²) in [5.74, 6) is 0.782. The highest BCUT2D eigenvalue weighted by atomic mass is 32.1. The van der Waals surface area contributed by atoms with Crippen LogP contribution in [0.2, 0.25) is 0 Å². The van der Waals surface area contributed by atoms with Crippen molar-refractivity contribution in [2.24, 2.45) is 13.0 Å². The molecule has 0 radical (unpaired) electrons. The number of fused-ring (bicyclic) bond motifs is 4. The summed E-state index contributed by atoms with van der Waals surface area (Å²) < 4.78 is 2.20. The molecule has 4 nitrogen and oxygen atoms in total. The van der Waals surface area contributed by atoms with Crippen LogP contribution in [0.25, 0.3) is 10.9 Å². The van der Waals surface area contributed by atoms with Crippen LogP contribution in [0.1, 0.15) is 51.6 Å². The van der Waals surface area contributed by atoms with E-state index in [9.17, 15) is 4.79 Å². The Labute approximate surface area is 157 Å². The Bertz CT molecular complexity index is 1050. The Kier molecular flexibility index (Phi) is 3.44. The quantitative estimate of drug-likeness (QED) is 0.666. The highest BCUT2D eigenvalue weighted by Crippen LogP contribution is 2.43. The van der Waals surface area contributed by atoms with E-state index < -0.39 is 0 Å². The van der Waals surface area contributed by atoms with E-state index in [0.29, 0.717) is 5.92 Å². The van der Waals surface area contributed by atoms with Gasteiger partial charge in [0.05, 0.1) is 5.56 Å². The van der Waals surface area contributed by atoms with Crippen molar-refractivity contribution >= 4 is 33.1 Å². The second kappa shape index (κ2) is 5.61. The Morgan fingerprint density at radius 3 is 2.88 bits per heavy atom. The maximum absolute atomic E-state index is 13.0. The van der Waals surface area contributed by atoms with Crippen molar-refractivity contribution in [3.63, 3.8) is 0 Å². The van der Waals surface area contributed by atoms with Crippen LogP contribution in [0, 0.1) is 12.8 Å². The molecule has 2 aromatic heterocycles. The minimum atomic E-state index is -0.182. The van der Waals surface area contributed by atoms with Crippen LogP contribution in [0.4, 0.5) is 5.00 Å². The number of thiophene rings is 1. The number of carbonyl (C=O) groups excluding carboxylic acids is 1. The lowest BCUT2D eigenvalue weighted by Gasteiger charge is -2.27. The molecule has 1 aliphatic carbocycles. The minimum absolute atomic E-state index is 0.0723. The average molecular weight is 366 g/mol. The summed E-state index contributed by atoms with van der Waals surface area (Å²) in [7, 11) is 2.09. The third kappa shape index (κ3) is 2.16. The van der Waals surface area contributed by atoms with E-state index in [1.165, 1.54) is 39.0 Å². The van der Waals surface area contributed by atoms with Crippen molar-refractivity contribution < 1.29 is 4.79 Å². The van der Waals surface area contributed by atoms with Gasteiger partial charge >= 0.3 is 0 Å². The number of benzene rings is 1. The van der Waals surface area contributed by atoms with Crippen LogP contribution >= 0.6 is 11.3 Å². The summed E-state index contributed by atoms with van der Waals surface area (Å²) in [6, 6.07) is 8.40. The van der Waals surface area contributed by atoms with Gasteiger partial charge in [0.2, 0.25) is 0 Å². The van der Waals surface area contributed by atoms with Crippen molar-refractivity contribution in [1.29, 1.82) is 0 Å². The van der Waals surface area contributed by atoms with Gasteiger partial charge in [-0.25, -0.2) is 0 Å². The zero-order chi connectivity index (χ0) is 18.0. The molecular formula is C21H23N3OS. The fraction of sp³-hybridized carbons (Fsp3) is 0.381. The highest BCUT2D eigenvalue weighted by Gasteiger charge is 2.34. The molecular weight excluding hydrogens is 342 g/mol. The number of hydrogen-bond donors (Lipinski definition) is 2. The molecule has 26 heavy (non-hydrogen) atoms. The first-order valence-electron chi connectivity index (χ1n) is 9.30. The first-order valence-corrected chi connectivity index (χ1v) is 10.1. The lowest BCUT2D eigenvalue weighted by atomic mass is 9.88. The highest BCUT2D eigenvalue weighted by molar-refractivity contribution is 7.16. The largest absolute Gasteiger partial charge is 0.353 e. The van der Waals surface area contributed by atoms with E-state index in [1.54, 1.807) is 11.3 Å². The fourth-order valence-electron chi connectivity index (χ4n) is 4.52. The van der Waals surface area contributed by atoms with Gasteiger partial charge in [0.1, 0.15) is 11.2 Å². The number of carbonyl (C=O) groups is 1. The van der Waals surface area contributed by atoms with Crippen LogP contribution in [-0.2, 0) is 19.9 Å². The van der Waals surface area contributed by atoms with E-state index in [4.69, 9.17) is 0 Å². The van der Waals surface area contributed by atoms with Gasteiger partial charge in [-0.15, -0.1) is 11.3 Å². The molecule has 2 atom stereocenters. The van der Waals surface area contributed by atoms with E-state index >= 15 is 0 Å². The molecule has 1 amide bonds. The normalized spacial score (nSPS) is 21.9. The Hall–Kier alpha value is -2.27. The number of hydrogen-bond acceptors (Lipinski definition) is 3. The molecule has 3 heterocycles. The van der Waals surface area contributed by atoms with Crippen molar-refractivity contribution in [3.05, 3.63) is 51.5 Å². The minimum Gasteiger partial charge on any atom is -0.353 e. The molecule has 5 rings (SSSR count). The summed E-state index contributed by atoms with van der Waals surface area (Å²) >= 11 is 1.78. The summed E-state index contributed by atoms with van der Waals surface area (Å²) in [6.45, 7) is 4.43. The lowest BCUT2D eigenvalue weighted by Crippen LogP contribution is -2.38. The molecule has 0 saturated heterocycles. The molecule has 2 aliphatic rings. The third-order valence-corrected chi connectivity index (χ3v) is 7.21. The Balaban J connectivity index is 1.61. The first-order chi connectivity index (χ1) is 12.5. The maximum atomic E-state index is 13.0. The van der Waals surface area contributed by atoms with Gasteiger partial charge in [-0.05, 0) is 43.7 Å². The van der Waals surface area contributed by atoms with Crippen molar-refractivity contribution in [2.75, 3.05) is 5.32 Å². The van der Waals surface area contributed by atoms with Crippen molar-refractivity contribution in [1.82, 2.24) is 9.88 Å². The summed E-state index contributed by atoms with van der Waals surface area (Å²) in [4.78, 5) is 14.4. The Morgan fingerprint density at radius 2 is 2.04 bits per heavy atom. The van der Waals surface area contributed by atoms with Crippen LogP contribution < -0.4 is 10.6 Å². The van der Waals surface area contributed by atoms with Gasteiger partial charge in [0.15, 0.2) is 0 Å². The van der Waals surface area contributed by atoms with E-state index in [1.807, 2.05) is 0 Å². The van der Waals surface area contributed by atoms with Gasteiger partial charge < -0.3 is 15.2 Å². The number of nitrogens with one attached hydrogen (secondary N) is 2. The number of aromatic nitrogens is 1. The molecule has 0 saturated carbocycles. The van der Waals surface area contributed by atoms with Crippen molar-refractivity contribution in [2.45, 2.75) is 39.3 Å². The molecule has 2 N–H and O–H groups in total. The second-order valence-electron chi connectivity index (χ2n) is 7.68. The average Bonchev–Trinajstić information content (AvgIpc) is 3.10. The monoisotopic (exact) mass is 365 g/mol. The first kappa shape index (κ1) is 15.9. The van der Waals surface area contributed by atoms with Gasteiger partial charge in [-0.1, -0.05) is 25.1 Å².